The van der Waals surface area contributed by atoms with Gasteiger partial charge in [0, 0.05) is 26.1 Å². The molecule has 1 atom stereocenters. The molecule has 0 amide bonds. The van der Waals surface area contributed by atoms with E-state index in [9.17, 15) is 8.42 Å². The molecule has 9 heteroatoms. The predicted molar refractivity (Wildman–Crippen MR) is 87.4 cm³/mol. The van der Waals surface area contributed by atoms with Gasteiger partial charge in [0.15, 0.2) is 5.82 Å². The number of hydrogen-bond donors (Lipinski definition) is 1. The summed E-state index contributed by atoms with van der Waals surface area (Å²) < 4.78 is 29.6. The third kappa shape index (κ3) is 6.54. The molecule has 1 aliphatic heterocycles. The molecular formula is C14H27N5O3S. The van der Waals surface area contributed by atoms with Gasteiger partial charge in [-0.05, 0) is 39.4 Å². The summed E-state index contributed by atoms with van der Waals surface area (Å²) >= 11 is 0. The van der Waals surface area contributed by atoms with Crippen LogP contribution in [0.1, 0.15) is 31.0 Å². The molecule has 0 unspecified atom stereocenters. The molecule has 1 fully saturated rings. The van der Waals surface area contributed by atoms with Crippen LogP contribution in [0.2, 0.25) is 0 Å². The van der Waals surface area contributed by atoms with Crippen LogP contribution in [-0.2, 0) is 16.6 Å². The number of likely N-dealkylation sites (tertiary alicyclic amines) is 1. The number of rotatable bonds is 8. The lowest BCUT2D eigenvalue weighted by atomic mass is 10.0. The van der Waals surface area contributed by atoms with Crippen molar-refractivity contribution in [3.63, 3.8) is 0 Å². The van der Waals surface area contributed by atoms with Gasteiger partial charge >= 0.3 is 0 Å². The lowest BCUT2D eigenvalue weighted by molar-refractivity contribution is 0.108. The summed E-state index contributed by atoms with van der Waals surface area (Å²) in [5, 5.41) is 3.96. The maximum atomic E-state index is 11.0. The first kappa shape index (κ1) is 18.3. The molecule has 132 valence electrons. The number of likely N-dealkylation sites (N-methyl/N-ethyl adjacent to an activating group) is 1. The van der Waals surface area contributed by atoms with Gasteiger partial charge < -0.3 is 9.42 Å². The van der Waals surface area contributed by atoms with E-state index in [-0.39, 0.29) is 0 Å². The van der Waals surface area contributed by atoms with Gasteiger partial charge in [-0.1, -0.05) is 5.16 Å². The lowest BCUT2D eigenvalue weighted by Crippen LogP contribution is -2.46. The second kappa shape index (κ2) is 8.18. The topological polar surface area (TPSA) is 91.6 Å². The first-order valence-corrected chi connectivity index (χ1v) is 9.89. The maximum Gasteiger partial charge on any atom is 0.223 e. The van der Waals surface area contributed by atoms with Crippen LogP contribution < -0.4 is 4.72 Å². The molecule has 0 aromatic carbocycles. The Morgan fingerprint density at radius 2 is 2.26 bits per heavy atom. The molecule has 0 aliphatic carbocycles. The van der Waals surface area contributed by atoms with Gasteiger partial charge in [-0.3, -0.25) is 4.90 Å². The Balaban J connectivity index is 1.74. The Labute approximate surface area is 138 Å². The second-order valence-corrected chi connectivity index (χ2v) is 8.09. The normalized spacial score (nSPS) is 20.3. The third-order valence-electron chi connectivity index (χ3n) is 4.09. The number of aryl methyl sites for hydroxylation is 1. The van der Waals surface area contributed by atoms with Crippen molar-refractivity contribution in [1.29, 1.82) is 0 Å². The quantitative estimate of drug-likeness (QED) is 0.674. The summed E-state index contributed by atoms with van der Waals surface area (Å²) in [7, 11) is -0.984. The zero-order chi connectivity index (χ0) is 16.9. The van der Waals surface area contributed by atoms with Crippen LogP contribution in [0.5, 0.6) is 0 Å². The SMILES string of the molecule is Cc1nc(CN2CCC[C@@H](N(C)CCCNS(C)(=O)=O)C2)no1. The highest BCUT2D eigenvalue weighted by Gasteiger charge is 2.24. The minimum atomic E-state index is -3.09. The van der Waals surface area contributed by atoms with Crippen LogP contribution in [-0.4, -0.2) is 73.9 Å². The first-order valence-electron chi connectivity index (χ1n) is 8.00. The molecule has 2 rings (SSSR count). The zero-order valence-corrected chi connectivity index (χ0v) is 15.0. The molecule has 1 aromatic rings. The molecule has 0 radical (unpaired) electrons. The van der Waals surface area contributed by atoms with Gasteiger partial charge in [0.1, 0.15) is 0 Å². The third-order valence-corrected chi connectivity index (χ3v) is 4.82. The average molecular weight is 345 g/mol. The van der Waals surface area contributed by atoms with E-state index < -0.39 is 10.0 Å². The number of piperidine rings is 1. The van der Waals surface area contributed by atoms with E-state index in [1.54, 1.807) is 6.92 Å². The van der Waals surface area contributed by atoms with Gasteiger partial charge in [0.25, 0.3) is 0 Å². The van der Waals surface area contributed by atoms with E-state index in [4.69, 9.17) is 4.52 Å². The molecule has 2 heterocycles. The fraction of sp³-hybridized carbons (Fsp3) is 0.857. The monoisotopic (exact) mass is 345 g/mol. The van der Waals surface area contributed by atoms with E-state index in [1.807, 2.05) is 0 Å². The molecule has 1 aromatic heterocycles. The van der Waals surface area contributed by atoms with Crippen LogP contribution in [0.15, 0.2) is 4.52 Å². The fourth-order valence-electron chi connectivity index (χ4n) is 2.91. The Hall–Kier alpha value is -1.03. The molecule has 0 bridgehead atoms. The Bertz CT molecular complexity index is 589. The number of nitrogens with zero attached hydrogens (tertiary/aromatic N) is 4. The molecule has 1 saturated heterocycles. The molecule has 0 spiro atoms. The van der Waals surface area contributed by atoms with Gasteiger partial charge in [-0.2, -0.15) is 4.98 Å². The summed E-state index contributed by atoms with van der Waals surface area (Å²) in [5.41, 5.74) is 0. The van der Waals surface area contributed by atoms with Gasteiger partial charge in [0.2, 0.25) is 15.9 Å². The van der Waals surface area contributed by atoms with Crippen LogP contribution in [0.4, 0.5) is 0 Å². The number of sulfonamides is 1. The smallest absolute Gasteiger partial charge is 0.223 e. The van der Waals surface area contributed by atoms with Crippen molar-refractivity contribution in [2.24, 2.45) is 0 Å². The van der Waals surface area contributed by atoms with E-state index >= 15 is 0 Å². The molecular weight excluding hydrogens is 318 g/mol. The van der Waals surface area contributed by atoms with Crippen molar-refractivity contribution < 1.29 is 12.9 Å². The van der Waals surface area contributed by atoms with Crippen molar-refractivity contribution >= 4 is 10.0 Å². The van der Waals surface area contributed by atoms with Crippen LogP contribution in [0.25, 0.3) is 0 Å². The van der Waals surface area contributed by atoms with Crippen LogP contribution in [0.3, 0.4) is 0 Å². The Morgan fingerprint density at radius 3 is 2.91 bits per heavy atom. The molecule has 1 aliphatic rings. The zero-order valence-electron chi connectivity index (χ0n) is 14.2. The highest BCUT2D eigenvalue weighted by Crippen LogP contribution is 2.16. The van der Waals surface area contributed by atoms with Crippen molar-refractivity contribution in [2.75, 3.05) is 39.5 Å². The van der Waals surface area contributed by atoms with E-state index in [0.29, 0.717) is 18.5 Å². The summed E-state index contributed by atoms with van der Waals surface area (Å²) in [6.07, 6.45) is 4.31. The van der Waals surface area contributed by atoms with Gasteiger partial charge in [-0.25, -0.2) is 13.1 Å². The summed E-state index contributed by atoms with van der Waals surface area (Å²) in [4.78, 5) is 8.93. The summed E-state index contributed by atoms with van der Waals surface area (Å²) in [6.45, 7) is 5.91. The standard InChI is InChI=1S/C14H27N5O3S/c1-12-16-14(17-22-12)11-19-9-4-6-13(10-19)18(2)8-5-7-15-23(3,20)21/h13,15H,4-11H2,1-3H3/t13-/m1/s1. The lowest BCUT2D eigenvalue weighted by Gasteiger charge is -2.37. The van der Waals surface area contributed by atoms with Crippen LogP contribution in [0, 0.1) is 6.92 Å². The van der Waals surface area contributed by atoms with Crippen molar-refractivity contribution in [2.45, 2.75) is 38.8 Å². The highest BCUT2D eigenvalue weighted by atomic mass is 32.2. The second-order valence-electron chi connectivity index (χ2n) is 6.26. The maximum absolute atomic E-state index is 11.0. The number of hydrogen-bond acceptors (Lipinski definition) is 7. The minimum Gasteiger partial charge on any atom is -0.340 e. The number of nitrogens with one attached hydrogen (secondary N) is 1. The van der Waals surface area contributed by atoms with E-state index in [0.717, 1.165) is 51.3 Å². The van der Waals surface area contributed by atoms with Gasteiger partial charge in [0.05, 0.1) is 12.8 Å². The Morgan fingerprint density at radius 1 is 1.48 bits per heavy atom. The molecule has 0 saturated carbocycles. The first-order chi connectivity index (χ1) is 10.8. The molecule has 1 N–H and O–H groups in total. The van der Waals surface area contributed by atoms with Crippen molar-refractivity contribution in [3.05, 3.63) is 11.7 Å². The van der Waals surface area contributed by atoms with Crippen LogP contribution >= 0.6 is 0 Å². The highest BCUT2D eigenvalue weighted by molar-refractivity contribution is 7.88. The van der Waals surface area contributed by atoms with Crippen molar-refractivity contribution in [1.82, 2.24) is 24.7 Å². The minimum absolute atomic E-state index is 0.481. The summed E-state index contributed by atoms with van der Waals surface area (Å²) in [6, 6.07) is 0.481. The Kier molecular flexibility index (Phi) is 6.51. The van der Waals surface area contributed by atoms with E-state index in [2.05, 4.69) is 31.7 Å². The number of aromatic nitrogens is 2. The summed E-state index contributed by atoms with van der Waals surface area (Å²) in [5.74, 6) is 1.34. The van der Waals surface area contributed by atoms with E-state index in [1.165, 1.54) is 6.26 Å². The largest absolute Gasteiger partial charge is 0.340 e. The molecule has 23 heavy (non-hydrogen) atoms. The average Bonchev–Trinajstić information content (AvgIpc) is 2.88. The predicted octanol–water partition coefficient (Wildman–Crippen LogP) is 0.214. The van der Waals surface area contributed by atoms with Gasteiger partial charge in [-0.15, -0.1) is 0 Å². The molecule has 8 nitrogen and oxygen atoms in total. The van der Waals surface area contributed by atoms with Crippen molar-refractivity contribution in [3.8, 4) is 0 Å². The fourth-order valence-corrected chi connectivity index (χ4v) is 3.42.